The highest BCUT2D eigenvalue weighted by Gasteiger charge is 2.04. The lowest BCUT2D eigenvalue weighted by Crippen LogP contribution is -2.07. The van der Waals surface area contributed by atoms with Crippen LogP contribution in [0.15, 0.2) is 46.9 Å². The van der Waals surface area contributed by atoms with Gasteiger partial charge in [-0.25, -0.2) is 0 Å². The predicted octanol–water partition coefficient (Wildman–Crippen LogP) is 4.39. The van der Waals surface area contributed by atoms with Crippen LogP contribution >= 0.6 is 15.9 Å². The van der Waals surface area contributed by atoms with E-state index in [1.165, 1.54) is 11.1 Å². The molecule has 0 aliphatic heterocycles. The fourth-order valence-electron chi connectivity index (χ4n) is 1.93. The summed E-state index contributed by atoms with van der Waals surface area (Å²) in [6, 6.07) is 14.4. The van der Waals surface area contributed by atoms with Gasteiger partial charge in [-0.3, -0.25) is 0 Å². The summed E-state index contributed by atoms with van der Waals surface area (Å²) in [5.41, 5.74) is 3.40. The number of halogens is 1. The summed E-state index contributed by atoms with van der Waals surface area (Å²) in [5, 5.41) is 3.42. The van der Waals surface area contributed by atoms with Crippen LogP contribution < -0.4 is 10.1 Å². The molecule has 2 aromatic carbocycles. The Morgan fingerprint density at radius 1 is 1.05 bits per heavy atom. The Labute approximate surface area is 134 Å². The third-order valence-electron chi connectivity index (χ3n) is 3.08. The molecule has 0 amide bonds. The zero-order valence-electron chi connectivity index (χ0n) is 12.4. The van der Waals surface area contributed by atoms with E-state index >= 15 is 0 Å². The molecule has 0 aromatic heterocycles. The van der Waals surface area contributed by atoms with E-state index in [0.29, 0.717) is 13.2 Å². The molecular formula is C17H20BrNO2. The average molecular weight is 350 g/mol. The van der Waals surface area contributed by atoms with Gasteiger partial charge in [0.25, 0.3) is 0 Å². The van der Waals surface area contributed by atoms with Gasteiger partial charge in [0.1, 0.15) is 12.4 Å². The number of benzene rings is 2. The number of nitrogens with one attached hydrogen (secondary N) is 1. The van der Waals surface area contributed by atoms with Gasteiger partial charge in [0, 0.05) is 18.1 Å². The van der Waals surface area contributed by atoms with Crippen LogP contribution in [0.1, 0.15) is 11.1 Å². The second kappa shape index (κ2) is 8.05. The van der Waals surface area contributed by atoms with Crippen LogP contribution in [0.25, 0.3) is 0 Å². The van der Waals surface area contributed by atoms with Gasteiger partial charge in [0.2, 0.25) is 0 Å². The molecule has 0 radical (unpaired) electrons. The number of ether oxygens (including phenoxy) is 2. The number of rotatable bonds is 7. The molecular weight excluding hydrogens is 330 g/mol. The van der Waals surface area contributed by atoms with E-state index in [-0.39, 0.29) is 0 Å². The van der Waals surface area contributed by atoms with Crippen LogP contribution in [-0.4, -0.2) is 20.3 Å². The number of methoxy groups -OCH3 is 1. The van der Waals surface area contributed by atoms with Crippen molar-refractivity contribution in [2.75, 3.05) is 25.6 Å². The molecule has 2 aromatic rings. The molecule has 0 atom stereocenters. The fraction of sp³-hybridized carbons (Fsp3) is 0.294. The summed E-state index contributed by atoms with van der Waals surface area (Å²) in [7, 11) is 1.67. The van der Waals surface area contributed by atoms with Gasteiger partial charge >= 0.3 is 0 Å². The molecule has 112 valence electrons. The third kappa shape index (κ3) is 5.06. The van der Waals surface area contributed by atoms with Crippen molar-refractivity contribution >= 4 is 21.6 Å². The number of hydrogen-bond acceptors (Lipinski definition) is 3. The largest absolute Gasteiger partial charge is 0.489 e. The highest BCUT2D eigenvalue weighted by molar-refractivity contribution is 9.10. The van der Waals surface area contributed by atoms with Crippen molar-refractivity contribution in [2.24, 2.45) is 0 Å². The topological polar surface area (TPSA) is 30.5 Å². The number of anilines is 1. The molecule has 0 saturated carbocycles. The highest BCUT2D eigenvalue weighted by Crippen LogP contribution is 2.26. The van der Waals surface area contributed by atoms with Gasteiger partial charge in [-0.2, -0.15) is 0 Å². The van der Waals surface area contributed by atoms with E-state index in [9.17, 15) is 0 Å². The highest BCUT2D eigenvalue weighted by atomic mass is 79.9. The Morgan fingerprint density at radius 2 is 1.81 bits per heavy atom. The smallest absolute Gasteiger partial charge is 0.142 e. The monoisotopic (exact) mass is 349 g/mol. The average Bonchev–Trinajstić information content (AvgIpc) is 2.48. The molecule has 3 nitrogen and oxygen atoms in total. The van der Waals surface area contributed by atoms with Crippen molar-refractivity contribution in [1.29, 1.82) is 0 Å². The van der Waals surface area contributed by atoms with Gasteiger partial charge in [-0.1, -0.05) is 34.1 Å². The normalized spacial score (nSPS) is 10.4. The molecule has 0 saturated heterocycles. The van der Waals surface area contributed by atoms with Gasteiger partial charge < -0.3 is 14.8 Å². The lowest BCUT2D eigenvalue weighted by Gasteiger charge is -2.14. The molecule has 21 heavy (non-hydrogen) atoms. The molecule has 0 heterocycles. The molecule has 0 aliphatic rings. The van der Waals surface area contributed by atoms with E-state index < -0.39 is 0 Å². The van der Waals surface area contributed by atoms with Crippen molar-refractivity contribution in [1.82, 2.24) is 0 Å². The maximum Gasteiger partial charge on any atom is 0.142 e. The van der Waals surface area contributed by atoms with Crippen molar-refractivity contribution in [3.05, 3.63) is 58.1 Å². The van der Waals surface area contributed by atoms with Crippen LogP contribution in [0, 0.1) is 6.92 Å². The molecule has 0 fully saturated rings. The minimum absolute atomic E-state index is 0.549. The van der Waals surface area contributed by atoms with E-state index in [1.807, 2.05) is 18.2 Å². The SMILES string of the molecule is COCCOc1cc(C)ccc1NCc1ccc(Br)cc1. The van der Waals surface area contributed by atoms with Gasteiger partial charge in [0.05, 0.1) is 12.3 Å². The van der Waals surface area contributed by atoms with Gasteiger partial charge in [0.15, 0.2) is 0 Å². The quantitative estimate of drug-likeness (QED) is 0.751. The maximum absolute atomic E-state index is 5.77. The summed E-state index contributed by atoms with van der Waals surface area (Å²) in [4.78, 5) is 0. The van der Waals surface area contributed by atoms with Crippen LogP contribution in [0.5, 0.6) is 5.75 Å². The minimum Gasteiger partial charge on any atom is -0.489 e. The molecule has 0 aliphatic carbocycles. The molecule has 0 unspecified atom stereocenters. The summed E-state index contributed by atoms with van der Waals surface area (Å²) in [6.07, 6.45) is 0. The molecule has 0 spiro atoms. The standard InChI is InChI=1S/C17H20BrNO2/c1-13-3-8-16(17(11-13)21-10-9-20-2)19-12-14-4-6-15(18)7-5-14/h3-8,11,19H,9-10,12H2,1-2H3. The van der Waals surface area contributed by atoms with Crippen LogP contribution in [0.3, 0.4) is 0 Å². The predicted molar refractivity (Wildman–Crippen MR) is 90.0 cm³/mol. The van der Waals surface area contributed by atoms with Crippen molar-refractivity contribution < 1.29 is 9.47 Å². The number of aryl methyl sites for hydroxylation is 1. The van der Waals surface area contributed by atoms with Gasteiger partial charge in [-0.15, -0.1) is 0 Å². The first kappa shape index (κ1) is 15.9. The fourth-order valence-corrected chi connectivity index (χ4v) is 2.19. The van der Waals surface area contributed by atoms with Gasteiger partial charge in [-0.05, 0) is 42.3 Å². The van der Waals surface area contributed by atoms with Crippen LogP contribution in [0.2, 0.25) is 0 Å². The lowest BCUT2D eigenvalue weighted by molar-refractivity contribution is 0.146. The first-order valence-electron chi connectivity index (χ1n) is 6.90. The van der Waals surface area contributed by atoms with Crippen molar-refractivity contribution in [3.63, 3.8) is 0 Å². The van der Waals surface area contributed by atoms with Crippen LogP contribution in [-0.2, 0) is 11.3 Å². The molecule has 1 N–H and O–H groups in total. The molecule has 2 rings (SSSR count). The van der Waals surface area contributed by atoms with E-state index in [4.69, 9.17) is 9.47 Å². The second-order valence-electron chi connectivity index (χ2n) is 4.82. The zero-order chi connectivity index (χ0) is 15.1. The summed E-state index contributed by atoms with van der Waals surface area (Å²) in [6.45, 7) is 3.95. The summed E-state index contributed by atoms with van der Waals surface area (Å²) < 4.78 is 11.9. The summed E-state index contributed by atoms with van der Waals surface area (Å²) >= 11 is 3.44. The van der Waals surface area contributed by atoms with Crippen LogP contribution in [0.4, 0.5) is 5.69 Å². The Morgan fingerprint density at radius 3 is 2.52 bits per heavy atom. The zero-order valence-corrected chi connectivity index (χ0v) is 13.9. The Bertz CT molecular complexity index is 570. The Kier molecular flexibility index (Phi) is 6.08. The van der Waals surface area contributed by atoms with E-state index in [0.717, 1.165) is 22.5 Å². The lowest BCUT2D eigenvalue weighted by atomic mass is 10.2. The third-order valence-corrected chi connectivity index (χ3v) is 3.61. The minimum atomic E-state index is 0.549. The van der Waals surface area contributed by atoms with Crippen molar-refractivity contribution in [3.8, 4) is 5.75 Å². The van der Waals surface area contributed by atoms with Crippen molar-refractivity contribution in [2.45, 2.75) is 13.5 Å². The summed E-state index contributed by atoms with van der Waals surface area (Å²) in [5.74, 6) is 0.865. The second-order valence-corrected chi connectivity index (χ2v) is 5.74. The Hall–Kier alpha value is -1.52. The van der Waals surface area contributed by atoms with E-state index in [2.05, 4.69) is 52.4 Å². The molecule has 0 bridgehead atoms. The maximum atomic E-state index is 5.77. The number of hydrogen-bond donors (Lipinski definition) is 1. The molecule has 4 heteroatoms. The van der Waals surface area contributed by atoms with E-state index in [1.54, 1.807) is 7.11 Å². The first-order valence-corrected chi connectivity index (χ1v) is 7.69. The first-order chi connectivity index (χ1) is 10.2. The Balaban J connectivity index is 2.02.